The largest absolute Gasteiger partial charge is 0.459 e. The van der Waals surface area contributed by atoms with Crippen LogP contribution in [0.1, 0.15) is 52.4 Å². The lowest BCUT2D eigenvalue weighted by atomic mass is 9.47. The lowest BCUT2D eigenvalue weighted by Crippen LogP contribution is -2.63. The number of rotatable bonds is 0. The van der Waals surface area contributed by atoms with E-state index in [2.05, 4.69) is 0 Å². The van der Waals surface area contributed by atoms with Crippen molar-refractivity contribution in [2.45, 2.75) is 63.6 Å². The summed E-state index contributed by atoms with van der Waals surface area (Å²) in [5, 5.41) is 0. The van der Waals surface area contributed by atoms with Crippen molar-refractivity contribution in [1.29, 1.82) is 0 Å². The molecule has 0 spiro atoms. The number of allylic oxidation sites excluding steroid dienone is 4. The molecule has 23 heavy (non-hydrogen) atoms. The van der Waals surface area contributed by atoms with Crippen LogP contribution in [0.25, 0.3) is 0 Å². The highest BCUT2D eigenvalue weighted by atomic mass is 19.1. The van der Waals surface area contributed by atoms with E-state index in [1.807, 2.05) is 13.8 Å². The van der Waals surface area contributed by atoms with Gasteiger partial charge in [-0.05, 0) is 58.1 Å². The maximum atomic E-state index is 16.4. The van der Waals surface area contributed by atoms with Crippen LogP contribution in [0, 0.1) is 17.3 Å². The molecule has 1 aliphatic heterocycles. The predicted molar refractivity (Wildman–Crippen MR) is 83.4 cm³/mol. The molecule has 2 saturated carbocycles. The SMILES string of the molecule is C[C@]12C=CC(=O)C=C1CC[C@H]1[C@@H]3CCC(=O)O[C@@]3(C)CC[C@@]12F. The molecule has 0 unspecified atom stereocenters. The van der Waals surface area contributed by atoms with Crippen molar-refractivity contribution in [3.05, 3.63) is 23.8 Å². The number of hydrogen-bond acceptors (Lipinski definition) is 3. The minimum absolute atomic E-state index is 0.0354. The van der Waals surface area contributed by atoms with Crippen molar-refractivity contribution in [3.63, 3.8) is 0 Å². The van der Waals surface area contributed by atoms with Gasteiger partial charge in [-0.25, -0.2) is 4.39 Å². The lowest BCUT2D eigenvalue weighted by Gasteiger charge is -2.61. The van der Waals surface area contributed by atoms with Crippen molar-refractivity contribution in [1.82, 2.24) is 0 Å². The smallest absolute Gasteiger partial charge is 0.306 e. The van der Waals surface area contributed by atoms with Gasteiger partial charge in [0.15, 0.2) is 5.78 Å². The Hall–Kier alpha value is -1.45. The van der Waals surface area contributed by atoms with Crippen LogP contribution >= 0.6 is 0 Å². The number of esters is 1. The summed E-state index contributed by atoms with van der Waals surface area (Å²) in [5.41, 5.74) is -1.66. The molecule has 1 saturated heterocycles. The minimum atomic E-state index is -1.36. The van der Waals surface area contributed by atoms with Crippen LogP contribution in [0.4, 0.5) is 4.39 Å². The van der Waals surface area contributed by atoms with Gasteiger partial charge in [-0.2, -0.15) is 0 Å². The van der Waals surface area contributed by atoms with Crippen LogP contribution in [0.3, 0.4) is 0 Å². The van der Waals surface area contributed by atoms with Crippen LogP contribution < -0.4 is 0 Å². The van der Waals surface area contributed by atoms with Gasteiger partial charge in [-0.3, -0.25) is 9.59 Å². The Morgan fingerprint density at radius 3 is 2.65 bits per heavy atom. The summed E-state index contributed by atoms with van der Waals surface area (Å²) in [6.45, 7) is 3.91. The second-order valence-corrected chi connectivity index (χ2v) is 8.05. The maximum Gasteiger partial charge on any atom is 0.306 e. The first-order chi connectivity index (χ1) is 10.8. The van der Waals surface area contributed by atoms with Gasteiger partial charge >= 0.3 is 5.97 Å². The molecule has 5 atom stereocenters. The van der Waals surface area contributed by atoms with Crippen molar-refractivity contribution in [3.8, 4) is 0 Å². The molecule has 0 aromatic carbocycles. The second-order valence-electron chi connectivity index (χ2n) is 8.05. The predicted octanol–water partition coefficient (Wildman–Crippen LogP) is 3.68. The van der Waals surface area contributed by atoms with Crippen LogP contribution in [0.15, 0.2) is 23.8 Å². The van der Waals surface area contributed by atoms with E-state index in [0.29, 0.717) is 25.7 Å². The minimum Gasteiger partial charge on any atom is -0.459 e. The standard InChI is InChI=1S/C19H23FO3/c1-17-8-7-13(21)11-12(17)3-4-15-14-5-6-16(22)23-18(14,2)9-10-19(15,17)20/h7-8,11,14-15H,3-6,9-10H2,1-2H3/t14-,15-,17-,18-,19+/m0/s1. The van der Waals surface area contributed by atoms with E-state index in [-0.39, 0.29) is 23.6 Å². The number of alkyl halides is 1. The highest BCUT2D eigenvalue weighted by molar-refractivity contribution is 6.01. The lowest BCUT2D eigenvalue weighted by molar-refractivity contribution is -0.209. The van der Waals surface area contributed by atoms with Gasteiger partial charge in [0.05, 0.1) is 0 Å². The summed E-state index contributed by atoms with van der Waals surface area (Å²) >= 11 is 0. The van der Waals surface area contributed by atoms with Crippen molar-refractivity contribution in [2.24, 2.45) is 17.3 Å². The molecule has 0 aromatic heterocycles. The average Bonchev–Trinajstić information content (AvgIpc) is 2.49. The summed E-state index contributed by atoms with van der Waals surface area (Å²) < 4.78 is 22.0. The summed E-state index contributed by atoms with van der Waals surface area (Å²) in [7, 11) is 0. The van der Waals surface area contributed by atoms with Crippen LogP contribution in [-0.2, 0) is 14.3 Å². The molecular formula is C19H23FO3. The third-order valence-corrected chi connectivity index (χ3v) is 7.00. The molecule has 0 N–H and O–H groups in total. The normalized spacial score (nSPS) is 48.7. The van der Waals surface area contributed by atoms with Crippen LogP contribution in [-0.4, -0.2) is 23.0 Å². The molecular weight excluding hydrogens is 295 g/mol. The van der Waals surface area contributed by atoms with Gasteiger partial charge in [0.25, 0.3) is 0 Å². The molecule has 1 heterocycles. The molecule has 3 aliphatic carbocycles. The molecule has 0 radical (unpaired) electrons. The summed E-state index contributed by atoms with van der Waals surface area (Å²) in [6.07, 6.45) is 8.46. The Balaban J connectivity index is 1.75. The Bertz CT molecular complexity index is 651. The van der Waals surface area contributed by atoms with E-state index in [4.69, 9.17) is 4.74 Å². The fourth-order valence-corrected chi connectivity index (χ4v) is 5.61. The molecule has 0 amide bonds. The first kappa shape index (κ1) is 15.1. The van der Waals surface area contributed by atoms with Gasteiger partial charge < -0.3 is 4.74 Å². The number of halogens is 1. The van der Waals surface area contributed by atoms with E-state index in [9.17, 15) is 9.59 Å². The number of carbonyl (C=O) groups is 2. The van der Waals surface area contributed by atoms with Gasteiger partial charge in [0, 0.05) is 23.7 Å². The van der Waals surface area contributed by atoms with E-state index < -0.39 is 16.7 Å². The summed E-state index contributed by atoms with van der Waals surface area (Å²) in [5.74, 6) is -0.231. The number of carbonyl (C=O) groups excluding carboxylic acids is 2. The maximum absolute atomic E-state index is 16.4. The number of ketones is 1. The van der Waals surface area contributed by atoms with Gasteiger partial charge in [-0.15, -0.1) is 0 Å². The first-order valence-electron chi connectivity index (χ1n) is 8.63. The molecule has 3 fully saturated rings. The van der Waals surface area contributed by atoms with Crippen molar-refractivity contribution in [2.75, 3.05) is 0 Å². The van der Waals surface area contributed by atoms with E-state index in [1.54, 1.807) is 12.2 Å². The van der Waals surface area contributed by atoms with Crippen molar-refractivity contribution >= 4 is 11.8 Å². The highest BCUT2D eigenvalue weighted by Gasteiger charge is 2.65. The summed E-state index contributed by atoms with van der Waals surface area (Å²) in [4.78, 5) is 23.4. The van der Waals surface area contributed by atoms with Crippen molar-refractivity contribution < 1.29 is 18.7 Å². The van der Waals surface area contributed by atoms with Crippen LogP contribution in [0.2, 0.25) is 0 Å². The number of fused-ring (bicyclic) bond motifs is 5. The fraction of sp³-hybridized carbons (Fsp3) is 0.684. The Morgan fingerprint density at radius 2 is 1.87 bits per heavy atom. The third kappa shape index (κ3) is 1.87. The highest BCUT2D eigenvalue weighted by Crippen LogP contribution is 2.64. The molecule has 3 nitrogen and oxygen atoms in total. The zero-order valence-electron chi connectivity index (χ0n) is 13.7. The second kappa shape index (κ2) is 4.55. The van der Waals surface area contributed by atoms with Crippen LogP contribution in [0.5, 0.6) is 0 Å². The van der Waals surface area contributed by atoms with Gasteiger partial charge in [-0.1, -0.05) is 11.6 Å². The zero-order valence-corrected chi connectivity index (χ0v) is 13.7. The van der Waals surface area contributed by atoms with E-state index in [0.717, 1.165) is 18.4 Å². The Morgan fingerprint density at radius 1 is 1.13 bits per heavy atom. The quantitative estimate of drug-likeness (QED) is 0.640. The Kier molecular flexibility index (Phi) is 2.99. The molecule has 4 heteroatoms. The fourth-order valence-electron chi connectivity index (χ4n) is 5.61. The topological polar surface area (TPSA) is 43.4 Å². The monoisotopic (exact) mass is 318 g/mol. The van der Waals surface area contributed by atoms with E-state index in [1.165, 1.54) is 6.08 Å². The molecule has 0 bridgehead atoms. The first-order valence-corrected chi connectivity index (χ1v) is 8.63. The van der Waals surface area contributed by atoms with E-state index >= 15 is 4.39 Å². The molecule has 124 valence electrons. The number of hydrogen-bond donors (Lipinski definition) is 0. The van der Waals surface area contributed by atoms with Gasteiger partial charge in [0.2, 0.25) is 0 Å². The molecule has 0 aromatic rings. The van der Waals surface area contributed by atoms with Gasteiger partial charge in [0.1, 0.15) is 11.3 Å². The average molecular weight is 318 g/mol. The Labute approximate surface area is 136 Å². The number of ether oxygens (including phenoxy) is 1. The zero-order chi connectivity index (χ0) is 16.5. The molecule has 4 aliphatic rings. The molecule has 4 rings (SSSR count). The third-order valence-electron chi connectivity index (χ3n) is 7.00. The summed E-state index contributed by atoms with van der Waals surface area (Å²) in [6, 6.07) is 0.